The number of likely N-dealkylation sites (tertiary alicyclic amines) is 1. The zero-order valence-electron chi connectivity index (χ0n) is 15.4. The highest BCUT2D eigenvalue weighted by Crippen LogP contribution is 2.22. The molecule has 26 heavy (non-hydrogen) atoms. The molecular formula is C21H26N2O2S. The summed E-state index contributed by atoms with van der Waals surface area (Å²) in [5, 5.41) is 7.25. The zero-order chi connectivity index (χ0) is 18.5. The first kappa shape index (κ1) is 18.6. The summed E-state index contributed by atoms with van der Waals surface area (Å²) in [6.07, 6.45) is 2.32. The number of carbonyl (C=O) groups excluding carboxylic acids is 2. The second kappa shape index (κ2) is 8.49. The lowest BCUT2D eigenvalue weighted by Crippen LogP contribution is -2.48. The number of rotatable bonds is 5. The van der Waals surface area contributed by atoms with Crippen molar-refractivity contribution in [2.75, 3.05) is 13.1 Å². The number of aryl methyl sites for hydroxylation is 1. The molecule has 5 heteroatoms. The minimum Gasteiger partial charge on any atom is -0.335 e. The average molecular weight is 371 g/mol. The Labute approximate surface area is 159 Å². The smallest absolute Gasteiger partial charge is 0.317 e. The highest BCUT2D eigenvalue weighted by atomic mass is 32.1. The molecule has 1 unspecified atom stereocenters. The van der Waals surface area contributed by atoms with Gasteiger partial charge < -0.3 is 10.2 Å². The van der Waals surface area contributed by atoms with Crippen molar-refractivity contribution in [2.24, 2.45) is 5.92 Å². The van der Waals surface area contributed by atoms with Crippen LogP contribution in [-0.2, 0) is 6.42 Å². The van der Waals surface area contributed by atoms with E-state index < -0.39 is 0 Å². The number of urea groups is 1. The second-order valence-electron chi connectivity index (χ2n) is 7.18. The van der Waals surface area contributed by atoms with Gasteiger partial charge in [-0.2, -0.15) is 11.3 Å². The van der Waals surface area contributed by atoms with E-state index in [9.17, 15) is 9.59 Å². The molecule has 3 rings (SSSR count). The van der Waals surface area contributed by atoms with Crippen LogP contribution in [0.3, 0.4) is 0 Å². The SMILES string of the molecule is Cc1ccc(C(=O)C2CCN(C(=O)NC(C)Cc3ccsc3)CC2)cc1. The number of amides is 2. The van der Waals surface area contributed by atoms with Gasteiger partial charge in [0.2, 0.25) is 0 Å². The number of thiophene rings is 1. The van der Waals surface area contributed by atoms with Crippen LogP contribution in [0.5, 0.6) is 0 Å². The van der Waals surface area contributed by atoms with E-state index in [-0.39, 0.29) is 23.8 Å². The first-order chi connectivity index (χ1) is 12.5. The minimum atomic E-state index is -0.0195. The van der Waals surface area contributed by atoms with Crippen molar-refractivity contribution < 1.29 is 9.59 Å². The maximum Gasteiger partial charge on any atom is 0.317 e. The van der Waals surface area contributed by atoms with Gasteiger partial charge in [0.05, 0.1) is 0 Å². The molecule has 1 atom stereocenters. The Morgan fingerprint density at radius 3 is 2.50 bits per heavy atom. The lowest BCUT2D eigenvalue weighted by Gasteiger charge is -2.32. The molecule has 1 fully saturated rings. The van der Waals surface area contributed by atoms with Gasteiger partial charge in [-0.15, -0.1) is 0 Å². The van der Waals surface area contributed by atoms with Crippen LogP contribution in [0.4, 0.5) is 4.79 Å². The number of benzene rings is 1. The van der Waals surface area contributed by atoms with E-state index in [1.807, 2.05) is 43.0 Å². The molecule has 1 aromatic carbocycles. The van der Waals surface area contributed by atoms with Crippen molar-refractivity contribution in [3.63, 3.8) is 0 Å². The van der Waals surface area contributed by atoms with Crippen LogP contribution in [-0.4, -0.2) is 35.8 Å². The van der Waals surface area contributed by atoms with E-state index in [1.54, 1.807) is 11.3 Å². The van der Waals surface area contributed by atoms with Crippen molar-refractivity contribution >= 4 is 23.2 Å². The predicted octanol–water partition coefficient (Wildman–Crippen LogP) is 4.29. The topological polar surface area (TPSA) is 49.4 Å². The van der Waals surface area contributed by atoms with Crippen LogP contribution in [0.2, 0.25) is 0 Å². The van der Waals surface area contributed by atoms with Crippen LogP contribution in [0.15, 0.2) is 41.1 Å². The summed E-state index contributed by atoms with van der Waals surface area (Å²) in [7, 11) is 0. The first-order valence-electron chi connectivity index (χ1n) is 9.20. The summed E-state index contributed by atoms with van der Waals surface area (Å²) in [6.45, 7) is 5.33. The predicted molar refractivity (Wildman–Crippen MR) is 106 cm³/mol. The third-order valence-electron chi connectivity index (χ3n) is 4.98. The molecule has 4 nitrogen and oxygen atoms in total. The Hall–Kier alpha value is -2.14. The summed E-state index contributed by atoms with van der Waals surface area (Å²) in [5.41, 5.74) is 3.19. The molecule has 0 bridgehead atoms. The molecule has 138 valence electrons. The summed E-state index contributed by atoms with van der Waals surface area (Å²) in [5.74, 6) is 0.223. The summed E-state index contributed by atoms with van der Waals surface area (Å²) >= 11 is 1.68. The summed E-state index contributed by atoms with van der Waals surface area (Å²) in [6, 6.07) is 9.94. The van der Waals surface area contributed by atoms with E-state index in [2.05, 4.69) is 22.1 Å². The number of hydrogen-bond acceptors (Lipinski definition) is 3. The minimum absolute atomic E-state index is 0.0185. The van der Waals surface area contributed by atoms with Crippen molar-refractivity contribution in [3.05, 3.63) is 57.8 Å². The average Bonchev–Trinajstić information content (AvgIpc) is 3.14. The van der Waals surface area contributed by atoms with Gasteiger partial charge in [0.25, 0.3) is 0 Å². The van der Waals surface area contributed by atoms with Gasteiger partial charge in [0, 0.05) is 30.6 Å². The fourth-order valence-corrected chi connectivity index (χ4v) is 4.10. The molecule has 0 saturated carbocycles. The number of ketones is 1. The number of Topliss-reactive ketones (excluding diaryl/α,β-unsaturated/α-hetero) is 1. The van der Waals surface area contributed by atoms with Gasteiger partial charge in [-0.1, -0.05) is 29.8 Å². The molecule has 0 aliphatic carbocycles. The highest BCUT2D eigenvalue weighted by Gasteiger charge is 2.28. The van der Waals surface area contributed by atoms with Gasteiger partial charge in [0.1, 0.15) is 0 Å². The molecule has 1 aromatic heterocycles. The molecule has 1 saturated heterocycles. The molecule has 1 N–H and O–H groups in total. The maximum absolute atomic E-state index is 12.6. The zero-order valence-corrected chi connectivity index (χ0v) is 16.2. The Kier molecular flexibility index (Phi) is 6.09. The van der Waals surface area contributed by atoms with Crippen LogP contribution >= 0.6 is 11.3 Å². The summed E-state index contributed by atoms with van der Waals surface area (Å²) in [4.78, 5) is 26.9. The number of hydrogen-bond donors (Lipinski definition) is 1. The van der Waals surface area contributed by atoms with Crippen LogP contribution in [0.25, 0.3) is 0 Å². The van der Waals surface area contributed by atoms with Crippen LogP contribution < -0.4 is 5.32 Å². The Morgan fingerprint density at radius 1 is 1.19 bits per heavy atom. The normalized spacial score (nSPS) is 16.3. The fraction of sp³-hybridized carbons (Fsp3) is 0.429. The van der Waals surface area contributed by atoms with Crippen molar-refractivity contribution in [2.45, 2.75) is 39.2 Å². The molecule has 2 heterocycles. The van der Waals surface area contributed by atoms with Crippen molar-refractivity contribution in [1.82, 2.24) is 10.2 Å². The van der Waals surface area contributed by atoms with E-state index in [4.69, 9.17) is 0 Å². The van der Waals surface area contributed by atoms with Crippen molar-refractivity contribution in [1.29, 1.82) is 0 Å². The standard InChI is InChI=1S/C21H26N2O2S/c1-15-3-5-18(6-4-15)20(24)19-7-10-23(11-8-19)21(25)22-16(2)13-17-9-12-26-14-17/h3-6,9,12,14,16,19H,7-8,10-11,13H2,1-2H3,(H,22,25). The molecule has 2 amide bonds. The van der Waals surface area contributed by atoms with Gasteiger partial charge >= 0.3 is 6.03 Å². The lowest BCUT2D eigenvalue weighted by atomic mass is 9.89. The van der Waals surface area contributed by atoms with E-state index in [0.717, 1.165) is 30.4 Å². The largest absolute Gasteiger partial charge is 0.335 e. The number of nitrogens with one attached hydrogen (secondary N) is 1. The molecule has 2 aromatic rings. The van der Waals surface area contributed by atoms with Gasteiger partial charge in [-0.25, -0.2) is 4.79 Å². The summed E-state index contributed by atoms with van der Waals surface area (Å²) < 4.78 is 0. The highest BCUT2D eigenvalue weighted by molar-refractivity contribution is 7.07. The molecule has 1 aliphatic heterocycles. The van der Waals surface area contributed by atoms with Gasteiger partial charge in [-0.3, -0.25) is 4.79 Å². The van der Waals surface area contributed by atoms with E-state index in [1.165, 1.54) is 5.56 Å². The van der Waals surface area contributed by atoms with Gasteiger partial charge in [-0.05, 0) is 55.5 Å². The molecular weight excluding hydrogens is 344 g/mol. The fourth-order valence-electron chi connectivity index (χ4n) is 3.41. The second-order valence-corrected chi connectivity index (χ2v) is 7.96. The molecule has 0 radical (unpaired) electrons. The quantitative estimate of drug-likeness (QED) is 0.798. The molecule has 0 spiro atoms. The Morgan fingerprint density at radius 2 is 1.88 bits per heavy atom. The lowest BCUT2D eigenvalue weighted by molar-refractivity contribution is 0.0853. The Bertz CT molecular complexity index is 732. The number of carbonyl (C=O) groups is 2. The van der Waals surface area contributed by atoms with Crippen LogP contribution in [0, 0.1) is 12.8 Å². The first-order valence-corrected chi connectivity index (χ1v) is 10.1. The third kappa shape index (κ3) is 4.73. The number of nitrogens with zero attached hydrogens (tertiary/aromatic N) is 1. The number of piperidine rings is 1. The van der Waals surface area contributed by atoms with Crippen LogP contribution in [0.1, 0.15) is 41.3 Å². The Balaban J connectivity index is 1.47. The third-order valence-corrected chi connectivity index (χ3v) is 5.71. The monoisotopic (exact) mass is 370 g/mol. The molecule has 1 aliphatic rings. The van der Waals surface area contributed by atoms with Crippen molar-refractivity contribution in [3.8, 4) is 0 Å². The van der Waals surface area contributed by atoms with E-state index >= 15 is 0 Å². The van der Waals surface area contributed by atoms with Gasteiger partial charge in [0.15, 0.2) is 5.78 Å². The maximum atomic E-state index is 12.6. The van der Waals surface area contributed by atoms with E-state index in [0.29, 0.717) is 13.1 Å².